The van der Waals surface area contributed by atoms with Crippen LogP contribution in [0.2, 0.25) is 0 Å². The van der Waals surface area contributed by atoms with E-state index in [1.54, 1.807) is 30.1 Å². The molecule has 11 nitrogen and oxygen atoms in total. The fourth-order valence-corrected chi connectivity index (χ4v) is 5.10. The van der Waals surface area contributed by atoms with E-state index in [4.69, 9.17) is 9.72 Å². The monoisotopic (exact) mass is 576 g/mol. The summed E-state index contributed by atoms with van der Waals surface area (Å²) < 4.78 is 20.7. The van der Waals surface area contributed by atoms with Gasteiger partial charge in [0.1, 0.15) is 41.9 Å². The molecule has 1 aliphatic rings. The fraction of sp³-hybridized carbons (Fsp3) is 0.433. The lowest BCUT2D eigenvalue weighted by Crippen LogP contribution is -2.37. The molecule has 0 fully saturated rings. The second-order valence-electron chi connectivity index (χ2n) is 10.5. The number of anilines is 2. The maximum atomic E-state index is 13.3. The Morgan fingerprint density at radius 2 is 2.02 bits per heavy atom. The molecule has 0 saturated carbocycles. The molecule has 0 radical (unpaired) electrons. The molecule has 5 rings (SSSR count). The van der Waals surface area contributed by atoms with Gasteiger partial charge in [-0.1, -0.05) is 6.07 Å². The number of aliphatic carboxylic acids is 1. The summed E-state index contributed by atoms with van der Waals surface area (Å²) in [6, 6.07) is 9.37. The van der Waals surface area contributed by atoms with Gasteiger partial charge in [0.05, 0.1) is 6.20 Å². The van der Waals surface area contributed by atoms with Crippen LogP contribution in [0.15, 0.2) is 48.9 Å². The van der Waals surface area contributed by atoms with E-state index in [0.717, 1.165) is 56.7 Å². The summed E-state index contributed by atoms with van der Waals surface area (Å²) >= 11 is 0. The minimum absolute atomic E-state index is 0.313. The van der Waals surface area contributed by atoms with Gasteiger partial charge in [-0.25, -0.2) is 24.1 Å². The number of hydrogen-bond acceptors (Lipinski definition) is 9. The summed E-state index contributed by atoms with van der Waals surface area (Å²) in [5, 5.41) is 20.8. The third kappa shape index (κ3) is 7.90. The minimum Gasteiger partial charge on any atom is -0.492 e. The van der Waals surface area contributed by atoms with Crippen molar-refractivity contribution in [3.63, 3.8) is 0 Å². The van der Waals surface area contributed by atoms with Gasteiger partial charge in [0.25, 0.3) is 0 Å². The Labute approximate surface area is 244 Å². The maximum Gasteiger partial charge on any atom is 0.326 e. The average Bonchev–Trinajstić information content (AvgIpc) is 3.38. The normalized spacial score (nSPS) is 13.5. The highest BCUT2D eigenvalue weighted by Gasteiger charge is 2.21. The van der Waals surface area contributed by atoms with Crippen LogP contribution in [0.4, 0.5) is 16.0 Å². The largest absolute Gasteiger partial charge is 0.492 e. The standard InChI is InChI=1S/C30H37FN8O3/c1-38-19-26-27(37-38)29(34-20-33-26)36-25(30(40)41)13-16-39(17-18-42-24-11-8-22(31)9-12-24)15-3-2-6-23-10-7-21-5-4-14-32-28(21)35-23/h7-12,19-20,25H,2-6,13-18H2,1H3,(H,32,35)(H,40,41)(H,33,34,36). The number of carboxylic acid groups (broad SMARTS) is 1. The predicted octanol–water partition coefficient (Wildman–Crippen LogP) is 3.91. The van der Waals surface area contributed by atoms with Crippen LogP contribution in [0.1, 0.15) is 36.9 Å². The number of benzene rings is 1. The number of nitrogens with zero attached hydrogens (tertiary/aromatic N) is 6. The quantitative estimate of drug-likeness (QED) is 0.179. The van der Waals surface area contributed by atoms with Crippen molar-refractivity contribution in [2.75, 3.05) is 43.4 Å². The number of aromatic nitrogens is 5. The molecule has 1 aliphatic heterocycles. The number of nitrogens with one attached hydrogen (secondary N) is 2. The first-order valence-corrected chi connectivity index (χ1v) is 14.4. The molecule has 12 heteroatoms. The van der Waals surface area contributed by atoms with Gasteiger partial charge < -0.3 is 20.5 Å². The Morgan fingerprint density at radius 3 is 2.86 bits per heavy atom. The molecule has 1 unspecified atom stereocenters. The van der Waals surface area contributed by atoms with E-state index in [9.17, 15) is 14.3 Å². The first-order chi connectivity index (χ1) is 20.4. The number of carboxylic acids is 1. The van der Waals surface area contributed by atoms with Crippen LogP contribution in [0.3, 0.4) is 0 Å². The highest BCUT2D eigenvalue weighted by Crippen LogP contribution is 2.21. The van der Waals surface area contributed by atoms with Crippen molar-refractivity contribution in [3.05, 3.63) is 66.0 Å². The zero-order valence-corrected chi connectivity index (χ0v) is 23.8. The molecule has 1 aromatic carbocycles. The Bertz CT molecular complexity index is 1480. The molecule has 0 amide bonds. The number of rotatable bonds is 15. The number of carbonyl (C=O) groups is 1. The van der Waals surface area contributed by atoms with Crippen molar-refractivity contribution in [2.24, 2.45) is 7.05 Å². The van der Waals surface area contributed by atoms with Crippen molar-refractivity contribution < 1.29 is 19.0 Å². The summed E-state index contributed by atoms with van der Waals surface area (Å²) in [6.45, 7) is 3.28. The number of halogens is 1. The lowest BCUT2D eigenvalue weighted by atomic mass is 10.1. The molecular formula is C30H37FN8O3. The molecule has 3 N–H and O–H groups in total. The summed E-state index contributed by atoms with van der Waals surface area (Å²) in [5.74, 6) is 0.722. The van der Waals surface area contributed by atoms with Crippen LogP contribution in [0, 0.1) is 5.82 Å². The molecular weight excluding hydrogens is 539 g/mol. The molecule has 0 bridgehead atoms. The van der Waals surface area contributed by atoms with E-state index in [2.05, 4.69) is 42.7 Å². The molecule has 4 aromatic rings. The summed E-state index contributed by atoms with van der Waals surface area (Å²) in [6.07, 6.45) is 8.48. The Morgan fingerprint density at radius 1 is 1.17 bits per heavy atom. The van der Waals surface area contributed by atoms with Crippen LogP contribution in [-0.4, -0.2) is 79.5 Å². The van der Waals surface area contributed by atoms with Crippen molar-refractivity contribution in [1.82, 2.24) is 29.6 Å². The van der Waals surface area contributed by atoms with Gasteiger partial charge >= 0.3 is 5.97 Å². The maximum absolute atomic E-state index is 13.3. The third-order valence-electron chi connectivity index (χ3n) is 7.36. The van der Waals surface area contributed by atoms with Crippen LogP contribution in [0.5, 0.6) is 5.75 Å². The average molecular weight is 577 g/mol. The van der Waals surface area contributed by atoms with E-state index in [1.807, 2.05) is 0 Å². The van der Waals surface area contributed by atoms with Gasteiger partial charge in [-0.15, -0.1) is 0 Å². The Balaban J connectivity index is 1.17. The number of ether oxygens (including phenoxy) is 1. The second-order valence-corrected chi connectivity index (χ2v) is 10.5. The third-order valence-corrected chi connectivity index (χ3v) is 7.36. The summed E-state index contributed by atoms with van der Waals surface area (Å²) in [7, 11) is 1.78. The van der Waals surface area contributed by atoms with E-state index < -0.39 is 12.0 Å². The lowest BCUT2D eigenvalue weighted by Gasteiger charge is -2.24. The van der Waals surface area contributed by atoms with Gasteiger partial charge in [0.15, 0.2) is 11.3 Å². The van der Waals surface area contributed by atoms with Gasteiger partial charge in [-0.05, 0) is 81.0 Å². The van der Waals surface area contributed by atoms with Crippen LogP contribution >= 0.6 is 0 Å². The Hall–Kier alpha value is -4.32. The smallest absolute Gasteiger partial charge is 0.326 e. The van der Waals surface area contributed by atoms with E-state index in [-0.39, 0.29) is 5.82 Å². The molecule has 4 heterocycles. The molecule has 3 aromatic heterocycles. The van der Waals surface area contributed by atoms with Crippen LogP contribution in [-0.2, 0) is 24.7 Å². The second kappa shape index (κ2) is 14.0. The van der Waals surface area contributed by atoms with Gasteiger partial charge in [0.2, 0.25) is 0 Å². The van der Waals surface area contributed by atoms with Crippen molar-refractivity contribution in [3.8, 4) is 5.75 Å². The molecule has 42 heavy (non-hydrogen) atoms. The molecule has 0 saturated heterocycles. The van der Waals surface area contributed by atoms with Crippen LogP contribution in [0.25, 0.3) is 11.0 Å². The van der Waals surface area contributed by atoms with Gasteiger partial charge in [-0.3, -0.25) is 9.58 Å². The number of aryl methyl sites for hydroxylation is 3. The zero-order chi connectivity index (χ0) is 29.3. The molecule has 0 spiro atoms. The molecule has 222 valence electrons. The predicted molar refractivity (Wildman–Crippen MR) is 158 cm³/mol. The SMILES string of the molecule is Cn1cc2ncnc(NC(CCN(CCCCc3ccc4c(n3)NCCC4)CCOc3ccc(F)cc3)C(=O)O)c2n1. The first kappa shape index (κ1) is 29.2. The number of hydrogen-bond donors (Lipinski definition) is 3. The number of pyridine rings is 1. The number of fused-ring (bicyclic) bond motifs is 2. The highest BCUT2D eigenvalue weighted by atomic mass is 19.1. The van der Waals surface area contributed by atoms with E-state index in [0.29, 0.717) is 48.7 Å². The van der Waals surface area contributed by atoms with Crippen LogP contribution < -0.4 is 15.4 Å². The molecule has 0 aliphatic carbocycles. The molecule has 1 atom stereocenters. The van der Waals surface area contributed by atoms with Crippen molar-refractivity contribution >= 4 is 28.6 Å². The topological polar surface area (TPSA) is 130 Å². The fourth-order valence-electron chi connectivity index (χ4n) is 5.10. The lowest BCUT2D eigenvalue weighted by molar-refractivity contribution is -0.138. The zero-order valence-electron chi connectivity index (χ0n) is 23.8. The Kier molecular flexibility index (Phi) is 9.75. The summed E-state index contributed by atoms with van der Waals surface area (Å²) in [4.78, 5) is 27.6. The van der Waals surface area contributed by atoms with Gasteiger partial charge in [0, 0.05) is 32.4 Å². The first-order valence-electron chi connectivity index (χ1n) is 14.4. The summed E-state index contributed by atoms with van der Waals surface area (Å²) in [5.41, 5.74) is 3.53. The van der Waals surface area contributed by atoms with E-state index in [1.165, 1.54) is 24.0 Å². The van der Waals surface area contributed by atoms with E-state index >= 15 is 0 Å². The van der Waals surface area contributed by atoms with Crippen molar-refractivity contribution in [1.29, 1.82) is 0 Å². The van der Waals surface area contributed by atoms with Crippen molar-refractivity contribution in [2.45, 2.75) is 44.6 Å². The van der Waals surface area contributed by atoms with Gasteiger partial charge in [-0.2, -0.15) is 5.10 Å². The number of unbranched alkanes of at least 4 members (excludes halogenated alkanes) is 1. The minimum atomic E-state index is -0.965. The highest BCUT2D eigenvalue weighted by molar-refractivity contribution is 5.87.